The first-order valence-corrected chi connectivity index (χ1v) is 19.7. The molecule has 12 heteroatoms. The molecule has 8 rings (SSSR count). The first kappa shape index (κ1) is 35.8. The molecule has 4 saturated heterocycles. The van der Waals surface area contributed by atoms with Gasteiger partial charge in [0.05, 0.1) is 6.20 Å². The molecule has 2 amide bonds. The predicted molar refractivity (Wildman–Crippen MR) is 213 cm³/mol. The molecule has 0 spiro atoms. The van der Waals surface area contributed by atoms with Gasteiger partial charge in [0.1, 0.15) is 11.9 Å². The second-order valence-corrected chi connectivity index (χ2v) is 15.5. The van der Waals surface area contributed by atoms with Gasteiger partial charge in [-0.05, 0) is 124 Å². The Bertz CT molecular complexity index is 2080. The van der Waals surface area contributed by atoms with Crippen molar-refractivity contribution >= 4 is 45.6 Å². The molecule has 0 saturated carbocycles. The van der Waals surface area contributed by atoms with Crippen LogP contribution >= 0.6 is 0 Å². The molecule has 4 fully saturated rings. The van der Waals surface area contributed by atoms with Crippen molar-refractivity contribution in [3.63, 3.8) is 0 Å². The van der Waals surface area contributed by atoms with Crippen molar-refractivity contribution in [3.05, 3.63) is 94.8 Å². The topological polar surface area (TPSA) is 142 Å². The molecule has 1 unspecified atom stereocenters. The van der Waals surface area contributed by atoms with Crippen molar-refractivity contribution in [1.82, 2.24) is 24.8 Å². The van der Waals surface area contributed by atoms with Crippen LogP contribution in [0.5, 0.6) is 0 Å². The number of nitrogens with one attached hydrogen (secondary N) is 2. The normalized spacial score (nSPS) is 20.6. The average Bonchev–Trinajstić information content (AvgIpc) is 3.19. The van der Waals surface area contributed by atoms with Crippen LogP contribution in [0.3, 0.4) is 0 Å². The molecular weight excluding hydrogens is 679 g/mol. The van der Waals surface area contributed by atoms with E-state index in [1.807, 2.05) is 18.2 Å². The maximum Gasteiger partial charge on any atom is 0.271 e. The summed E-state index contributed by atoms with van der Waals surface area (Å²) < 4.78 is 1.59. The number of anilines is 4. The summed E-state index contributed by atoms with van der Waals surface area (Å²) in [6.45, 7) is 11.0. The highest BCUT2D eigenvalue weighted by Gasteiger charge is 2.28. The third kappa shape index (κ3) is 7.70. The molecule has 2 aromatic heterocycles. The zero-order valence-electron chi connectivity index (χ0n) is 31.0. The molecule has 4 aromatic rings. The second-order valence-electron chi connectivity index (χ2n) is 15.5. The molecule has 4 N–H and O–H groups in total. The van der Waals surface area contributed by atoms with E-state index in [-0.39, 0.29) is 17.2 Å². The van der Waals surface area contributed by atoms with Gasteiger partial charge in [-0.25, -0.2) is 9.97 Å². The maximum absolute atomic E-state index is 13.6. The summed E-state index contributed by atoms with van der Waals surface area (Å²) >= 11 is 0. The molecular formula is C42H51N9O3. The van der Waals surface area contributed by atoms with E-state index in [2.05, 4.69) is 67.2 Å². The molecule has 12 nitrogen and oxygen atoms in total. The van der Waals surface area contributed by atoms with Crippen LogP contribution in [-0.4, -0.2) is 77.1 Å². The molecule has 0 aliphatic carbocycles. The Morgan fingerprint density at radius 1 is 0.889 bits per heavy atom. The minimum atomic E-state index is -0.596. The fraction of sp³-hybridized carbons (Fsp3) is 0.452. The SMILES string of the molecule is C=C1CCC(n2ccc3ccc(N4CCC(CN5CCC(c6ccc(Nc7nc(N8CCCCC8)cnc7C(N)=O)cc6)CC5)CC4)cc3c2=O)C(=O)N1. The van der Waals surface area contributed by atoms with Crippen molar-refractivity contribution in [2.45, 2.75) is 69.7 Å². The third-order valence-electron chi connectivity index (χ3n) is 12.0. The van der Waals surface area contributed by atoms with E-state index in [0.29, 0.717) is 41.6 Å². The van der Waals surface area contributed by atoms with E-state index in [4.69, 9.17) is 10.7 Å². The first-order chi connectivity index (χ1) is 26.3. The average molecular weight is 730 g/mol. The van der Waals surface area contributed by atoms with Gasteiger partial charge in [-0.3, -0.25) is 14.4 Å². The number of nitrogens with two attached hydrogens (primary N) is 1. The summed E-state index contributed by atoms with van der Waals surface area (Å²) in [5.74, 6) is 1.58. The van der Waals surface area contributed by atoms with Gasteiger partial charge < -0.3 is 35.6 Å². The van der Waals surface area contributed by atoms with E-state index in [1.54, 1.807) is 17.0 Å². The van der Waals surface area contributed by atoms with Crippen LogP contribution in [0.2, 0.25) is 0 Å². The molecule has 1 atom stereocenters. The highest BCUT2D eigenvalue weighted by molar-refractivity contribution is 5.96. The number of pyridine rings is 1. The first-order valence-electron chi connectivity index (χ1n) is 19.7. The molecule has 54 heavy (non-hydrogen) atoms. The number of amides is 2. The van der Waals surface area contributed by atoms with Crippen LogP contribution in [0.1, 0.15) is 85.8 Å². The number of fused-ring (bicyclic) bond motifs is 1. The number of hydrogen-bond donors (Lipinski definition) is 3. The van der Waals surface area contributed by atoms with Crippen molar-refractivity contribution in [1.29, 1.82) is 0 Å². The molecule has 2 aromatic carbocycles. The lowest BCUT2D eigenvalue weighted by molar-refractivity contribution is -0.124. The molecule has 4 aliphatic rings. The van der Waals surface area contributed by atoms with Gasteiger partial charge in [0.15, 0.2) is 11.5 Å². The number of piperidine rings is 4. The molecule has 6 heterocycles. The zero-order chi connectivity index (χ0) is 37.2. The lowest BCUT2D eigenvalue weighted by Crippen LogP contribution is -2.41. The van der Waals surface area contributed by atoms with Gasteiger partial charge in [-0.2, -0.15) is 0 Å². The number of nitrogens with zero attached hydrogens (tertiary/aromatic N) is 6. The Morgan fingerprint density at radius 2 is 1.65 bits per heavy atom. The lowest BCUT2D eigenvalue weighted by atomic mass is 9.88. The number of allylic oxidation sites excluding steroid dienone is 1. The van der Waals surface area contributed by atoms with Crippen LogP contribution in [0.4, 0.5) is 23.0 Å². The van der Waals surface area contributed by atoms with E-state index < -0.39 is 11.9 Å². The van der Waals surface area contributed by atoms with E-state index in [9.17, 15) is 14.4 Å². The number of aromatic nitrogens is 3. The molecule has 282 valence electrons. The summed E-state index contributed by atoms with van der Waals surface area (Å²) in [5.41, 5.74) is 9.66. The fourth-order valence-corrected chi connectivity index (χ4v) is 8.80. The molecule has 0 radical (unpaired) electrons. The fourth-order valence-electron chi connectivity index (χ4n) is 8.80. The van der Waals surface area contributed by atoms with Crippen molar-refractivity contribution < 1.29 is 9.59 Å². The summed E-state index contributed by atoms with van der Waals surface area (Å²) in [6, 6.07) is 16.1. The number of carbonyl (C=O) groups is 2. The van der Waals surface area contributed by atoms with Gasteiger partial charge in [0.2, 0.25) is 5.91 Å². The van der Waals surface area contributed by atoms with Gasteiger partial charge in [-0.15, -0.1) is 0 Å². The van der Waals surface area contributed by atoms with E-state index in [0.717, 1.165) is 107 Å². The standard InChI is InChI=1S/C42H51N9O3/c1-28-5-12-36(41(53)45-28)51-24-17-32-8-11-34(25-35(32)42(51)54)49-22-13-29(14-23-49)27-48-20-15-31(16-21-48)30-6-9-33(10-7-30)46-40-38(39(43)52)44-26-37(47-40)50-18-3-2-4-19-50/h6-11,17,24-26,29,31,36H,1-5,12-16,18-23,27H2,(H2,43,52)(H,45,53)(H,46,47). The lowest BCUT2D eigenvalue weighted by Gasteiger charge is -2.38. The van der Waals surface area contributed by atoms with Crippen LogP contribution < -0.4 is 31.7 Å². The van der Waals surface area contributed by atoms with Gasteiger partial charge >= 0.3 is 0 Å². The predicted octanol–water partition coefficient (Wildman–Crippen LogP) is 5.69. The quantitative estimate of drug-likeness (QED) is 0.198. The Hall–Kier alpha value is -5.23. The smallest absolute Gasteiger partial charge is 0.271 e. The van der Waals surface area contributed by atoms with Gasteiger partial charge in [-0.1, -0.05) is 24.8 Å². The monoisotopic (exact) mass is 729 g/mol. The Balaban J connectivity index is 0.829. The van der Waals surface area contributed by atoms with E-state index >= 15 is 0 Å². The molecule has 4 aliphatic heterocycles. The third-order valence-corrected chi connectivity index (χ3v) is 12.0. The molecule has 0 bridgehead atoms. The Labute approximate surface area is 316 Å². The summed E-state index contributed by atoms with van der Waals surface area (Å²) in [6.07, 6.45) is 12.7. The Morgan fingerprint density at radius 3 is 2.37 bits per heavy atom. The van der Waals surface area contributed by atoms with Crippen LogP contribution in [0.15, 0.2) is 78.0 Å². The van der Waals surface area contributed by atoms with Gasteiger partial charge in [0, 0.05) is 61.4 Å². The van der Waals surface area contributed by atoms with Crippen LogP contribution in [-0.2, 0) is 4.79 Å². The number of benzene rings is 2. The number of rotatable bonds is 9. The van der Waals surface area contributed by atoms with E-state index in [1.165, 1.54) is 12.0 Å². The number of likely N-dealkylation sites (tertiary alicyclic amines) is 1. The van der Waals surface area contributed by atoms with Crippen molar-refractivity contribution in [2.24, 2.45) is 11.7 Å². The second kappa shape index (κ2) is 15.6. The Kier molecular flexibility index (Phi) is 10.4. The van der Waals surface area contributed by atoms with Crippen molar-refractivity contribution in [3.8, 4) is 0 Å². The number of hydrogen-bond acceptors (Lipinski definition) is 9. The van der Waals surface area contributed by atoms with Crippen LogP contribution in [0.25, 0.3) is 10.8 Å². The summed E-state index contributed by atoms with van der Waals surface area (Å²) in [7, 11) is 0. The van der Waals surface area contributed by atoms with Crippen LogP contribution in [0, 0.1) is 5.92 Å². The highest BCUT2D eigenvalue weighted by Crippen LogP contribution is 2.32. The highest BCUT2D eigenvalue weighted by atomic mass is 16.2. The maximum atomic E-state index is 13.6. The van der Waals surface area contributed by atoms with Crippen molar-refractivity contribution in [2.75, 3.05) is 60.9 Å². The minimum Gasteiger partial charge on any atom is -0.371 e. The summed E-state index contributed by atoms with van der Waals surface area (Å²) in [5, 5.41) is 7.68. The minimum absolute atomic E-state index is 0.115. The number of primary amides is 1. The van der Waals surface area contributed by atoms with Gasteiger partial charge in [0.25, 0.3) is 11.5 Å². The summed E-state index contributed by atoms with van der Waals surface area (Å²) in [4.78, 5) is 54.7. The zero-order valence-corrected chi connectivity index (χ0v) is 31.0. The number of carbonyl (C=O) groups excluding carboxylic acids is 2. The largest absolute Gasteiger partial charge is 0.371 e.